The molecule has 5 heteroatoms. The van der Waals surface area contributed by atoms with Gasteiger partial charge in [-0.1, -0.05) is 31.2 Å². The molecule has 4 aromatic rings. The van der Waals surface area contributed by atoms with Crippen molar-refractivity contribution in [1.29, 1.82) is 0 Å². The number of methoxy groups -OCH3 is 2. The maximum absolute atomic E-state index is 12.1. The van der Waals surface area contributed by atoms with Crippen molar-refractivity contribution in [2.24, 2.45) is 0 Å². The highest BCUT2D eigenvalue weighted by Gasteiger charge is 2.10. The first-order chi connectivity index (χ1) is 15.1. The predicted molar refractivity (Wildman–Crippen MR) is 124 cm³/mol. The molecule has 0 atom stereocenters. The van der Waals surface area contributed by atoms with E-state index in [9.17, 15) is 4.79 Å². The summed E-state index contributed by atoms with van der Waals surface area (Å²) in [7, 11) is 3.31. The molecule has 1 heterocycles. The van der Waals surface area contributed by atoms with Crippen molar-refractivity contribution in [3.63, 3.8) is 0 Å². The van der Waals surface area contributed by atoms with Crippen LogP contribution in [0.15, 0.2) is 75.9 Å². The van der Waals surface area contributed by atoms with Crippen molar-refractivity contribution >= 4 is 16.7 Å². The second-order valence-corrected chi connectivity index (χ2v) is 7.27. The Morgan fingerprint density at radius 1 is 0.903 bits per heavy atom. The number of hydrogen-bond donors (Lipinski definition) is 1. The summed E-state index contributed by atoms with van der Waals surface area (Å²) in [5, 5.41) is 4.37. The smallest absolute Gasteiger partial charge is 0.336 e. The van der Waals surface area contributed by atoms with Crippen molar-refractivity contribution < 1.29 is 13.9 Å². The quantitative estimate of drug-likeness (QED) is 0.395. The lowest BCUT2D eigenvalue weighted by Crippen LogP contribution is -2.06. The van der Waals surface area contributed by atoms with E-state index in [2.05, 4.69) is 18.3 Å². The molecule has 0 saturated carbocycles. The fourth-order valence-electron chi connectivity index (χ4n) is 3.65. The lowest BCUT2D eigenvalue weighted by molar-refractivity contribution is 0.414. The van der Waals surface area contributed by atoms with Crippen LogP contribution in [0.3, 0.4) is 0 Å². The molecular formula is C26H25NO4. The monoisotopic (exact) mass is 415 g/mol. The number of benzene rings is 3. The van der Waals surface area contributed by atoms with Crippen LogP contribution < -0.4 is 20.4 Å². The van der Waals surface area contributed by atoms with Gasteiger partial charge in [0.2, 0.25) is 0 Å². The zero-order chi connectivity index (χ0) is 21.8. The van der Waals surface area contributed by atoms with E-state index in [-0.39, 0.29) is 5.63 Å². The molecule has 0 radical (unpaired) electrons. The van der Waals surface area contributed by atoms with Gasteiger partial charge < -0.3 is 19.2 Å². The molecule has 0 aliphatic carbocycles. The fourth-order valence-corrected chi connectivity index (χ4v) is 3.65. The Kier molecular flexibility index (Phi) is 5.94. The van der Waals surface area contributed by atoms with Crippen LogP contribution in [-0.2, 0) is 13.0 Å². The molecule has 4 rings (SSSR count). The minimum atomic E-state index is -0.341. The number of nitrogens with one attached hydrogen (secondary N) is 1. The van der Waals surface area contributed by atoms with Crippen molar-refractivity contribution in [3.8, 4) is 22.6 Å². The first kappa shape index (κ1) is 20.5. The first-order valence-corrected chi connectivity index (χ1v) is 10.2. The molecule has 0 amide bonds. The van der Waals surface area contributed by atoms with Crippen LogP contribution in [0.2, 0.25) is 0 Å². The number of ether oxygens (including phenoxy) is 2. The van der Waals surface area contributed by atoms with E-state index in [1.165, 1.54) is 0 Å². The molecule has 0 spiro atoms. The Morgan fingerprint density at radius 3 is 2.42 bits per heavy atom. The highest BCUT2D eigenvalue weighted by molar-refractivity contribution is 5.81. The average molecular weight is 415 g/mol. The van der Waals surface area contributed by atoms with E-state index in [0.29, 0.717) is 12.1 Å². The third-order valence-electron chi connectivity index (χ3n) is 5.39. The van der Waals surface area contributed by atoms with Crippen LogP contribution in [0.4, 0.5) is 5.69 Å². The van der Waals surface area contributed by atoms with E-state index in [0.717, 1.165) is 51.2 Å². The molecule has 5 nitrogen and oxygen atoms in total. The van der Waals surface area contributed by atoms with Gasteiger partial charge in [0.1, 0.15) is 17.1 Å². The van der Waals surface area contributed by atoms with Crippen LogP contribution in [0.25, 0.3) is 22.1 Å². The molecule has 0 unspecified atom stereocenters. The number of hydrogen-bond acceptors (Lipinski definition) is 5. The van der Waals surface area contributed by atoms with E-state index < -0.39 is 0 Å². The number of fused-ring (bicyclic) bond motifs is 1. The third-order valence-corrected chi connectivity index (χ3v) is 5.39. The standard InChI is InChI=1S/C26H25NO4/c1-4-17-5-11-22-19(14-26(28)31-25(22)13-17)16-27-20-8-12-24(30-3)23(15-20)18-6-9-21(29-2)10-7-18/h5-15,27H,4,16H2,1-3H3. The largest absolute Gasteiger partial charge is 0.497 e. The Labute approximate surface area is 181 Å². The van der Waals surface area contributed by atoms with Gasteiger partial charge in [0.05, 0.1) is 14.2 Å². The maximum Gasteiger partial charge on any atom is 0.336 e. The van der Waals surface area contributed by atoms with E-state index >= 15 is 0 Å². The minimum absolute atomic E-state index is 0.341. The summed E-state index contributed by atoms with van der Waals surface area (Å²) in [6.07, 6.45) is 0.891. The van der Waals surface area contributed by atoms with Crippen LogP contribution in [0.1, 0.15) is 18.1 Å². The van der Waals surface area contributed by atoms with Gasteiger partial charge >= 0.3 is 5.63 Å². The summed E-state index contributed by atoms with van der Waals surface area (Å²) in [4.78, 5) is 12.1. The first-order valence-electron chi connectivity index (χ1n) is 10.2. The van der Waals surface area contributed by atoms with Gasteiger partial charge in [-0.15, -0.1) is 0 Å². The van der Waals surface area contributed by atoms with Crippen molar-refractivity contribution in [1.82, 2.24) is 0 Å². The molecule has 1 N–H and O–H groups in total. The minimum Gasteiger partial charge on any atom is -0.497 e. The molecule has 1 aromatic heterocycles. The second-order valence-electron chi connectivity index (χ2n) is 7.27. The molecule has 158 valence electrons. The third kappa shape index (κ3) is 4.40. The Balaban J connectivity index is 1.64. The molecular weight excluding hydrogens is 390 g/mol. The molecule has 0 aliphatic heterocycles. The molecule has 3 aromatic carbocycles. The number of rotatable bonds is 7. The Morgan fingerprint density at radius 2 is 1.71 bits per heavy atom. The second kappa shape index (κ2) is 8.96. The summed E-state index contributed by atoms with van der Waals surface area (Å²) in [6.45, 7) is 2.58. The van der Waals surface area contributed by atoms with Crippen LogP contribution in [0, 0.1) is 0 Å². The fraction of sp³-hybridized carbons (Fsp3) is 0.192. The van der Waals surface area contributed by atoms with Gasteiger partial charge in [-0.2, -0.15) is 0 Å². The number of aryl methyl sites for hydroxylation is 1. The summed E-state index contributed by atoms with van der Waals surface area (Å²) >= 11 is 0. The molecule has 0 fully saturated rings. The molecule has 0 aliphatic rings. The van der Waals surface area contributed by atoms with Crippen LogP contribution in [-0.4, -0.2) is 14.2 Å². The summed E-state index contributed by atoms with van der Waals surface area (Å²) in [5.74, 6) is 1.59. The molecule has 0 bridgehead atoms. The average Bonchev–Trinajstić information content (AvgIpc) is 2.81. The normalized spacial score (nSPS) is 10.8. The van der Waals surface area contributed by atoms with Crippen LogP contribution >= 0.6 is 0 Å². The van der Waals surface area contributed by atoms with Gasteiger partial charge in [0, 0.05) is 29.2 Å². The van der Waals surface area contributed by atoms with E-state index in [4.69, 9.17) is 13.9 Å². The van der Waals surface area contributed by atoms with Gasteiger partial charge in [-0.3, -0.25) is 0 Å². The highest BCUT2D eigenvalue weighted by atomic mass is 16.5. The van der Waals surface area contributed by atoms with Crippen molar-refractivity contribution in [3.05, 3.63) is 88.3 Å². The summed E-state index contributed by atoms with van der Waals surface area (Å²) in [5.41, 5.74) is 5.25. The topological polar surface area (TPSA) is 60.7 Å². The van der Waals surface area contributed by atoms with E-state index in [1.54, 1.807) is 20.3 Å². The lowest BCUT2D eigenvalue weighted by Gasteiger charge is -2.14. The molecule has 31 heavy (non-hydrogen) atoms. The summed E-state index contributed by atoms with van der Waals surface area (Å²) < 4.78 is 16.2. The van der Waals surface area contributed by atoms with Gasteiger partial charge in [0.25, 0.3) is 0 Å². The lowest BCUT2D eigenvalue weighted by atomic mass is 10.0. The Bertz CT molecular complexity index is 1260. The van der Waals surface area contributed by atoms with Gasteiger partial charge in [0.15, 0.2) is 0 Å². The SMILES string of the molecule is CCc1ccc2c(CNc3ccc(OC)c(-c4ccc(OC)cc4)c3)cc(=O)oc2c1. The van der Waals surface area contributed by atoms with Gasteiger partial charge in [-0.25, -0.2) is 4.79 Å². The van der Waals surface area contributed by atoms with Crippen molar-refractivity contribution in [2.75, 3.05) is 19.5 Å². The highest BCUT2D eigenvalue weighted by Crippen LogP contribution is 2.33. The van der Waals surface area contributed by atoms with Gasteiger partial charge in [-0.05, 0) is 59.5 Å². The zero-order valence-electron chi connectivity index (χ0n) is 17.9. The van der Waals surface area contributed by atoms with Crippen LogP contribution in [0.5, 0.6) is 11.5 Å². The predicted octanol–water partition coefficient (Wildman–Crippen LogP) is 5.65. The Hall–Kier alpha value is -3.73. The van der Waals surface area contributed by atoms with Crippen molar-refractivity contribution in [2.45, 2.75) is 19.9 Å². The zero-order valence-corrected chi connectivity index (χ0v) is 17.9. The summed E-state index contributed by atoms with van der Waals surface area (Å²) in [6, 6.07) is 21.4. The van der Waals surface area contributed by atoms with E-state index in [1.807, 2.05) is 54.6 Å². The molecule has 0 saturated heterocycles. The number of anilines is 1. The maximum atomic E-state index is 12.1.